The summed E-state index contributed by atoms with van der Waals surface area (Å²) in [5.74, 6) is 0.834. The van der Waals surface area contributed by atoms with Crippen LogP contribution in [-0.4, -0.2) is 5.75 Å². The molecule has 4 aromatic rings. The van der Waals surface area contributed by atoms with Crippen LogP contribution in [-0.2, 0) is 5.41 Å². The van der Waals surface area contributed by atoms with Crippen molar-refractivity contribution < 1.29 is 0 Å². The topological polar surface area (TPSA) is 0 Å². The third-order valence-electron chi connectivity index (χ3n) is 5.18. The molecule has 1 heteroatoms. The molecule has 0 heterocycles. The summed E-state index contributed by atoms with van der Waals surface area (Å²) in [7, 11) is 0. The van der Waals surface area contributed by atoms with E-state index in [-0.39, 0.29) is 5.41 Å². The molecule has 0 amide bonds. The van der Waals surface area contributed by atoms with Crippen LogP contribution in [0.15, 0.2) is 120 Å². The number of rotatable bonds is 6. The standard InChI is InChI=1S/C27H23S/c1-2-28-26-20-18-25(19-21-26)27(22-12-6-3-7-13-22,23-14-8-4-9-15-23)24-16-10-5-11-17-24/h3-21H,1-2H2. The predicted molar refractivity (Wildman–Crippen MR) is 121 cm³/mol. The highest BCUT2D eigenvalue weighted by Crippen LogP contribution is 2.45. The van der Waals surface area contributed by atoms with E-state index in [4.69, 9.17) is 0 Å². The first-order valence-corrected chi connectivity index (χ1v) is 10.5. The van der Waals surface area contributed by atoms with Crippen LogP contribution in [0.1, 0.15) is 22.3 Å². The summed E-state index contributed by atoms with van der Waals surface area (Å²) in [6.45, 7) is 3.96. The lowest BCUT2D eigenvalue weighted by Crippen LogP contribution is -2.30. The minimum absolute atomic E-state index is 0.364. The van der Waals surface area contributed by atoms with Gasteiger partial charge in [-0.25, -0.2) is 0 Å². The van der Waals surface area contributed by atoms with Crippen LogP contribution in [0.25, 0.3) is 0 Å². The van der Waals surface area contributed by atoms with E-state index in [1.807, 2.05) is 0 Å². The molecule has 0 aliphatic rings. The Kier molecular flexibility index (Phi) is 5.64. The number of benzene rings is 4. The fourth-order valence-corrected chi connectivity index (χ4v) is 4.55. The third kappa shape index (κ3) is 3.39. The molecule has 0 fully saturated rings. The first-order chi connectivity index (χ1) is 13.9. The van der Waals surface area contributed by atoms with E-state index in [2.05, 4.69) is 122 Å². The molecule has 0 aliphatic heterocycles. The lowest BCUT2D eigenvalue weighted by molar-refractivity contribution is 0.744. The minimum atomic E-state index is -0.364. The average molecular weight is 380 g/mol. The maximum atomic E-state index is 3.96. The molecule has 0 aliphatic carbocycles. The van der Waals surface area contributed by atoms with Crippen LogP contribution in [0.3, 0.4) is 0 Å². The lowest BCUT2D eigenvalue weighted by Gasteiger charge is -2.37. The Balaban J connectivity index is 2.04. The Morgan fingerprint density at radius 2 is 0.857 bits per heavy atom. The first kappa shape index (κ1) is 18.6. The second-order valence-electron chi connectivity index (χ2n) is 6.72. The summed E-state index contributed by atoms with van der Waals surface area (Å²) in [6, 6.07) is 41.4. The molecule has 137 valence electrons. The Morgan fingerprint density at radius 1 is 0.500 bits per heavy atom. The van der Waals surface area contributed by atoms with Gasteiger partial charge in [-0.15, -0.1) is 11.8 Å². The quantitative estimate of drug-likeness (QED) is 0.257. The summed E-state index contributed by atoms with van der Waals surface area (Å²) in [5, 5.41) is 0. The van der Waals surface area contributed by atoms with Gasteiger partial charge in [-0.2, -0.15) is 0 Å². The van der Waals surface area contributed by atoms with Gasteiger partial charge in [-0.3, -0.25) is 0 Å². The van der Waals surface area contributed by atoms with Crippen molar-refractivity contribution in [3.63, 3.8) is 0 Å². The molecule has 0 aromatic heterocycles. The Bertz CT molecular complexity index is 894. The van der Waals surface area contributed by atoms with Crippen LogP contribution in [0.4, 0.5) is 0 Å². The van der Waals surface area contributed by atoms with Gasteiger partial charge in [0.15, 0.2) is 0 Å². The van der Waals surface area contributed by atoms with Gasteiger partial charge in [0, 0.05) is 4.90 Å². The van der Waals surface area contributed by atoms with E-state index in [0.29, 0.717) is 0 Å². The summed E-state index contributed by atoms with van der Waals surface area (Å²) >= 11 is 1.77. The molecule has 4 aromatic carbocycles. The first-order valence-electron chi connectivity index (χ1n) is 9.55. The van der Waals surface area contributed by atoms with Crippen molar-refractivity contribution in [1.82, 2.24) is 0 Å². The molecule has 0 nitrogen and oxygen atoms in total. The number of hydrogen-bond acceptors (Lipinski definition) is 1. The molecule has 0 saturated heterocycles. The van der Waals surface area contributed by atoms with Crippen molar-refractivity contribution in [1.29, 1.82) is 0 Å². The largest absolute Gasteiger partial charge is 0.126 e. The number of hydrogen-bond donors (Lipinski definition) is 0. The van der Waals surface area contributed by atoms with Gasteiger partial charge in [-0.1, -0.05) is 103 Å². The zero-order valence-corrected chi connectivity index (χ0v) is 16.6. The molecule has 0 spiro atoms. The average Bonchev–Trinajstić information content (AvgIpc) is 2.78. The zero-order valence-electron chi connectivity index (χ0n) is 15.8. The van der Waals surface area contributed by atoms with E-state index >= 15 is 0 Å². The maximum Gasteiger partial charge on any atom is 0.0701 e. The van der Waals surface area contributed by atoms with Gasteiger partial charge in [-0.05, 0) is 47.1 Å². The lowest BCUT2D eigenvalue weighted by atomic mass is 9.65. The second-order valence-corrected chi connectivity index (χ2v) is 7.89. The molecular weight excluding hydrogens is 356 g/mol. The van der Waals surface area contributed by atoms with Crippen LogP contribution >= 0.6 is 11.8 Å². The van der Waals surface area contributed by atoms with E-state index in [9.17, 15) is 0 Å². The molecule has 4 rings (SSSR count). The van der Waals surface area contributed by atoms with Crippen LogP contribution < -0.4 is 0 Å². The predicted octanol–water partition coefficient (Wildman–Crippen LogP) is 7.00. The van der Waals surface area contributed by atoms with E-state index in [1.54, 1.807) is 11.8 Å². The van der Waals surface area contributed by atoms with Crippen molar-refractivity contribution in [2.24, 2.45) is 0 Å². The Labute approximate surface area is 172 Å². The Hall–Kier alpha value is -2.77. The Morgan fingerprint density at radius 3 is 1.21 bits per heavy atom. The summed E-state index contributed by atoms with van der Waals surface area (Å²) in [6.07, 6.45) is 0. The fourth-order valence-electron chi connectivity index (χ4n) is 3.98. The third-order valence-corrected chi connectivity index (χ3v) is 5.99. The second kappa shape index (κ2) is 8.50. The maximum absolute atomic E-state index is 3.96. The van der Waals surface area contributed by atoms with Crippen LogP contribution in [0, 0.1) is 6.92 Å². The molecular formula is C27H23S. The molecule has 0 atom stereocenters. The molecule has 0 N–H and O–H groups in total. The monoisotopic (exact) mass is 379 g/mol. The smallest absolute Gasteiger partial charge is 0.0701 e. The van der Waals surface area contributed by atoms with E-state index in [1.165, 1.54) is 27.1 Å². The summed E-state index contributed by atoms with van der Waals surface area (Å²) in [5.41, 5.74) is 4.71. The molecule has 28 heavy (non-hydrogen) atoms. The van der Waals surface area contributed by atoms with E-state index < -0.39 is 0 Å². The molecule has 0 unspecified atom stereocenters. The van der Waals surface area contributed by atoms with Gasteiger partial charge in [0.25, 0.3) is 0 Å². The van der Waals surface area contributed by atoms with Gasteiger partial charge in [0.05, 0.1) is 5.41 Å². The van der Waals surface area contributed by atoms with Gasteiger partial charge >= 0.3 is 0 Å². The minimum Gasteiger partial charge on any atom is -0.126 e. The highest BCUT2D eigenvalue weighted by molar-refractivity contribution is 7.99. The molecule has 1 radical (unpaired) electrons. The highest BCUT2D eigenvalue weighted by atomic mass is 32.2. The van der Waals surface area contributed by atoms with Crippen molar-refractivity contribution >= 4 is 11.8 Å². The fraction of sp³-hybridized carbons (Fsp3) is 0.0741. The van der Waals surface area contributed by atoms with Crippen molar-refractivity contribution in [2.45, 2.75) is 10.3 Å². The zero-order chi connectivity index (χ0) is 19.2. The van der Waals surface area contributed by atoms with Crippen molar-refractivity contribution in [3.05, 3.63) is 144 Å². The van der Waals surface area contributed by atoms with Gasteiger partial charge < -0.3 is 0 Å². The van der Waals surface area contributed by atoms with Crippen molar-refractivity contribution in [3.8, 4) is 0 Å². The molecule has 0 bridgehead atoms. The normalized spacial score (nSPS) is 11.3. The van der Waals surface area contributed by atoms with E-state index in [0.717, 1.165) is 5.75 Å². The highest BCUT2D eigenvalue weighted by Gasteiger charge is 2.37. The van der Waals surface area contributed by atoms with Gasteiger partial charge in [0.1, 0.15) is 0 Å². The number of thioether (sulfide) groups is 1. The summed E-state index contributed by atoms with van der Waals surface area (Å²) < 4.78 is 0. The SMILES string of the molecule is [CH2]CSc1ccc(C(c2ccccc2)(c2ccccc2)c2ccccc2)cc1. The van der Waals surface area contributed by atoms with Crippen LogP contribution in [0.2, 0.25) is 0 Å². The van der Waals surface area contributed by atoms with Crippen molar-refractivity contribution in [2.75, 3.05) is 5.75 Å². The van der Waals surface area contributed by atoms with Crippen LogP contribution in [0.5, 0.6) is 0 Å². The van der Waals surface area contributed by atoms with Gasteiger partial charge in [0.2, 0.25) is 0 Å². The summed E-state index contributed by atoms with van der Waals surface area (Å²) in [4.78, 5) is 1.25. The molecule has 0 saturated carbocycles.